The van der Waals surface area contributed by atoms with Gasteiger partial charge in [-0.15, -0.1) is 6.42 Å². The van der Waals surface area contributed by atoms with Crippen LogP contribution < -0.4 is 11.1 Å². The minimum atomic E-state index is -0.427. The van der Waals surface area contributed by atoms with Crippen LogP contribution in [-0.2, 0) is 4.74 Å². The van der Waals surface area contributed by atoms with Crippen LogP contribution in [0.3, 0.4) is 0 Å². The number of nitrogens with zero attached hydrogens (tertiary/aromatic N) is 1. The van der Waals surface area contributed by atoms with E-state index in [-0.39, 0.29) is 17.9 Å². The average molecular weight is 275 g/mol. The molecule has 0 bridgehead atoms. The summed E-state index contributed by atoms with van der Waals surface area (Å²) in [4.78, 5) is 4.23. The van der Waals surface area contributed by atoms with Crippen molar-refractivity contribution < 1.29 is 9.13 Å². The number of halogens is 1. The van der Waals surface area contributed by atoms with Gasteiger partial charge >= 0.3 is 0 Å². The maximum absolute atomic E-state index is 12.9. The van der Waals surface area contributed by atoms with Crippen LogP contribution in [0.5, 0.6) is 0 Å². The van der Waals surface area contributed by atoms with Gasteiger partial charge in [-0.25, -0.2) is 4.39 Å². The summed E-state index contributed by atoms with van der Waals surface area (Å²) in [5.74, 6) is 2.54. The van der Waals surface area contributed by atoms with Crippen LogP contribution in [0, 0.1) is 18.2 Å². The number of nitrogens with one attached hydrogen (secondary N) is 1. The fraction of sp³-hybridized carbons (Fsp3) is 0.400. The van der Waals surface area contributed by atoms with Crippen molar-refractivity contribution in [2.75, 3.05) is 13.2 Å². The molecule has 3 N–H and O–H groups in total. The maximum Gasteiger partial charge on any atom is 0.189 e. The molecular formula is C15H18FN3O. The lowest BCUT2D eigenvalue weighted by Crippen LogP contribution is -2.35. The van der Waals surface area contributed by atoms with E-state index in [0.717, 1.165) is 25.0 Å². The van der Waals surface area contributed by atoms with E-state index in [4.69, 9.17) is 16.9 Å². The smallest absolute Gasteiger partial charge is 0.189 e. The van der Waals surface area contributed by atoms with Crippen LogP contribution in [0.4, 0.5) is 4.39 Å². The third-order valence-corrected chi connectivity index (χ3v) is 3.15. The Hall–Kier alpha value is -2.06. The first kappa shape index (κ1) is 14.4. The SMILES string of the molecule is C#CC(NC(N)=NCC1CCCO1)c1ccc(F)cc1. The van der Waals surface area contributed by atoms with E-state index in [1.807, 2.05) is 0 Å². The van der Waals surface area contributed by atoms with E-state index in [1.54, 1.807) is 12.1 Å². The van der Waals surface area contributed by atoms with Gasteiger partial charge in [-0.2, -0.15) is 0 Å². The van der Waals surface area contributed by atoms with Crippen molar-refractivity contribution in [3.05, 3.63) is 35.6 Å². The van der Waals surface area contributed by atoms with Crippen molar-refractivity contribution in [2.24, 2.45) is 10.7 Å². The molecule has 1 aromatic rings. The van der Waals surface area contributed by atoms with Gasteiger partial charge in [0.15, 0.2) is 5.96 Å². The molecule has 1 fully saturated rings. The molecule has 0 saturated carbocycles. The van der Waals surface area contributed by atoms with E-state index >= 15 is 0 Å². The van der Waals surface area contributed by atoms with Gasteiger partial charge in [-0.05, 0) is 30.5 Å². The van der Waals surface area contributed by atoms with Crippen molar-refractivity contribution >= 4 is 5.96 Å². The largest absolute Gasteiger partial charge is 0.376 e. The Bertz CT molecular complexity index is 501. The Kier molecular flexibility index (Phi) is 4.97. The summed E-state index contributed by atoms with van der Waals surface area (Å²) < 4.78 is 18.3. The van der Waals surface area contributed by atoms with Crippen molar-refractivity contribution in [3.63, 3.8) is 0 Å². The third kappa shape index (κ3) is 3.97. The van der Waals surface area contributed by atoms with Crippen LogP contribution in [0.25, 0.3) is 0 Å². The molecule has 0 amide bonds. The Morgan fingerprint density at radius 2 is 2.30 bits per heavy atom. The van der Waals surface area contributed by atoms with E-state index in [2.05, 4.69) is 16.2 Å². The molecule has 5 heteroatoms. The lowest BCUT2D eigenvalue weighted by atomic mass is 10.1. The summed E-state index contributed by atoms with van der Waals surface area (Å²) in [5.41, 5.74) is 6.58. The lowest BCUT2D eigenvalue weighted by molar-refractivity contribution is 0.117. The van der Waals surface area contributed by atoms with E-state index in [9.17, 15) is 4.39 Å². The number of rotatable bonds is 4. The summed E-state index contributed by atoms with van der Waals surface area (Å²) in [6, 6.07) is 5.55. The second kappa shape index (κ2) is 6.92. The molecule has 106 valence electrons. The van der Waals surface area contributed by atoms with Crippen LogP contribution in [0.1, 0.15) is 24.4 Å². The number of guanidine groups is 1. The Morgan fingerprint density at radius 3 is 2.90 bits per heavy atom. The van der Waals surface area contributed by atoms with Gasteiger partial charge in [0.1, 0.15) is 11.9 Å². The summed E-state index contributed by atoms with van der Waals surface area (Å²) in [6.07, 6.45) is 7.68. The predicted molar refractivity (Wildman–Crippen MR) is 76.6 cm³/mol. The Labute approximate surface area is 118 Å². The standard InChI is InChI=1S/C15H18FN3O/c1-2-14(11-5-7-12(16)8-6-11)19-15(17)18-10-13-4-3-9-20-13/h1,5-8,13-14H,3-4,9-10H2,(H3,17,18,19). The van der Waals surface area contributed by atoms with Gasteiger partial charge < -0.3 is 15.8 Å². The van der Waals surface area contributed by atoms with E-state index in [0.29, 0.717) is 6.54 Å². The molecule has 2 rings (SSSR count). The number of hydrogen-bond donors (Lipinski definition) is 2. The zero-order chi connectivity index (χ0) is 14.4. The molecule has 2 unspecified atom stereocenters. The van der Waals surface area contributed by atoms with Crippen molar-refractivity contribution in [2.45, 2.75) is 25.0 Å². The molecule has 2 atom stereocenters. The second-order valence-electron chi connectivity index (χ2n) is 4.66. The number of ether oxygens (including phenoxy) is 1. The van der Waals surface area contributed by atoms with E-state index in [1.165, 1.54) is 12.1 Å². The highest BCUT2D eigenvalue weighted by Gasteiger charge is 2.15. The Balaban J connectivity index is 1.93. The highest BCUT2D eigenvalue weighted by Crippen LogP contribution is 2.13. The highest BCUT2D eigenvalue weighted by molar-refractivity contribution is 5.78. The normalized spacial score (nSPS) is 20.4. The first-order valence-electron chi connectivity index (χ1n) is 6.58. The first-order valence-corrected chi connectivity index (χ1v) is 6.58. The lowest BCUT2D eigenvalue weighted by Gasteiger charge is -2.14. The molecule has 1 saturated heterocycles. The number of benzene rings is 1. The van der Waals surface area contributed by atoms with Gasteiger partial charge in [0.25, 0.3) is 0 Å². The molecule has 1 aliphatic heterocycles. The topological polar surface area (TPSA) is 59.6 Å². The maximum atomic E-state index is 12.9. The number of aliphatic imine (C=N–C) groups is 1. The monoisotopic (exact) mass is 275 g/mol. The van der Waals surface area contributed by atoms with Gasteiger partial charge in [0.2, 0.25) is 0 Å². The molecule has 0 aliphatic carbocycles. The summed E-state index contributed by atoms with van der Waals surface area (Å²) in [6.45, 7) is 1.32. The van der Waals surface area contributed by atoms with Crippen molar-refractivity contribution in [1.82, 2.24) is 5.32 Å². The zero-order valence-electron chi connectivity index (χ0n) is 11.2. The quantitative estimate of drug-likeness (QED) is 0.498. The molecule has 0 aromatic heterocycles. The van der Waals surface area contributed by atoms with Crippen LogP contribution >= 0.6 is 0 Å². The minimum Gasteiger partial charge on any atom is -0.376 e. The van der Waals surface area contributed by atoms with E-state index < -0.39 is 6.04 Å². The van der Waals surface area contributed by atoms with Crippen LogP contribution in [0.2, 0.25) is 0 Å². The van der Waals surface area contributed by atoms with Crippen molar-refractivity contribution in [3.8, 4) is 12.3 Å². The molecule has 1 aromatic carbocycles. The number of nitrogens with two attached hydrogens (primary N) is 1. The molecular weight excluding hydrogens is 257 g/mol. The third-order valence-electron chi connectivity index (χ3n) is 3.15. The highest BCUT2D eigenvalue weighted by atomic mass is 19.1. The fourth-order valence-corrected chi connectivity index (χ4v) is 2.06. The van der Waals surface area contributed by atoms with Crippen LogP contribution in [0.15, 0.2) is 29.3 Å². The minimum absolute atomic E-state index is 0.144. The van der Waals surface area contributed by atoms with Crippen molar-refractivity contribution in [1.29, 1.82) is 0 Å². The van der Waals surface area contributed by atoms with Gasteiger partial charge in [0.05, 0.1) is 12.6 Å². The zero-order valence-corrected chi connectivity index (χ0v) is 11.2. The fourth-order valence-electron chi connectivity index (χ4n) is 2.06. The van der Waals surface area contributed by atoms with Gasteiger partial charge in [-0.1, -0.05) is 18.1 Å². The molecule has 0 spiro atoms. The van der Waals surface area contributed by atoms with Gasteiger partial charge in [0, 0.05) is 6.61 Å². The Morgan fingerprint density at radius 1 is 1.55 bits per heavy atom. The number of hydrogen-bond acceptors (Lipinski definition) is 2. The molecule has 20 heavy (non-hydrogen) atoms. The molecule has 4 nitrogen and oxygen atoms in total. The molecule has 0 radical (unpaired) electrons. The average Bonchev–Trinajstić information content (AvgIpc) is 2.97. The summed E-state index contributed by atoms with van der Waals surface area (Å²) in [7, 11) is 0. The summed E-state index contributed by atoms with van der Waals surface area (Å²) >= 11 is 0. The first-order chi connectivity index (χ1) is 9.69. The van der Waals surface area contributed by atoms with Crippen LogP contribution in [-0.4, -0.2) is 25.2 Å². The molecule has 1 aliphatic rings. The predicted octanol–water partition coefficient (Wildman–Crippen LogP) is 1.58. The number of terminal acetylenes is 1. The van der Waals surface area contributed by atoms with Gasteiger partial charge in [-0.3, -0.25) is 4.99 Å². The molecule has 1 heterocycles. The second-order valence-corrected chi connectivity index (χ2v) is 4.66. The summed E-state index contributed by atoms with van der Waals surface area (Å²) in [5, 5.41) is 2.94.